The average molecular weight is 210 g/mol. The quantitative estimate of drug-likeness (QED) is 0.791. The molecule has 0 saturated carbocycles. The number of aromatic nitrogens is 2. The van der Waals surface area contributed by atoms with Crippen molar-refractivity contribution in [1.82, 2.24) is 9.78 Å². The second-order valence-electron chi connectivity index (χ2n) is 3.79. The van der Waals surface area contributed by atoms with Gasteiger partial charge in [0.25, 0.3) is 0 Å². The summed E-state index contributed by atoms with van der Waals surface area (Å²) in [5.74, 6) is -0.671. The van der Waals surface area contributed by atoms with Crippen LogP contribution in [0.5, 0.6) is 0 Å². The Bertz CT molecular complexity index is 367. The molecule has 0 atom stereocenters. The molecule has 82 valence electrons. The smallest absolute Gasteiger partial charge is 0.339 e. The number of rotatable bonds is 2. The Labute approximate surface area is 87.7 Å². The zero-order chi connectivity index (χ0) is 10.8. The van der Waals surface area contributed by atoms with Gasteiger partial charge in [0.15, 0.2) is 0 Å². The molecule has 1 N–H and O–H groups in total. The predicted molar refractivity (Wildman–Crippen MR) is 53.0 cm³/mol. The maximum absolute atomic E-state index is 11.0. The lowest BCUT2D eigenvalue weighted by Gasteiger charge is -2.20. The molecule has 2 heterocycles. The Hall–Kier alpha value is -1.36. The van der Waals surface area contributed by atoms with E-state index in [2.05, 4.69) is 5.10 Å². The van der Waals surface area contributed by atoms with Crippen LogP contribution in [0.2, 0.25) is 0 Å². The Morgan fingerprint density at radius 3 is 2.87 bits per heavy atom. The highest BCUT2D eigenvalue weighted by atomic mass is 16.5. The van der Waals surface area contributed by atoms with Crippen molar-refractivity contribution in [2.75, 3.05) is 13.2 Å². The van der Waals surface area contributed by atoms with Gasteiger partial charge in [-0.15, -0.1) is 0 Å². The van der Waals surface area contributed by atoms with E-state index in [-0.39, 0.29) is 5.92 Å². The summed E-state index contributed by atoms with van der Waals surface area (Å²) in [7, 11) is 1.75. The van der Waals surface area contributed by atoms with Crippen LogP contribution in [0.15, 0.2) is 6.20 Å². The molecule has 1 saturated heterocycles. The van der Waals surface area contributed by atoms with Crippen LogP contribution in [0.4, 0.5) is 0 Å². The number of hydrogen-bond donors (Lipinski definition) is 1. The van der Waals surface area contributed by atoms with Crippen LogP contribution in [0.3, 0.4) is 0 Å². The van der Waals surface area contributed by atoms with E-state index in [1.807, 2.05) is 0 Å². The van der Waals surface area contributed by atoms with Crippen molar-refractivity contribution in [3.63, 3.8) is 0 Å². The maximum Gasteiger partial charge on any atom is 0.339 e. The second kappa shape index (κ2) is 4.02. The normalized spacial score (nSPS) is 17.9. The lowest BCUT2D eigenvalue weighted by molar-refractivity contribution is 0.0684. The first-order valence-corrected chi connectivity index (χ1v) is 5.03. The van der Waals surface area contributed by atoms with Gasteiger partial charge < -0.3 is 9.84 Å². The number of hydrogen-bond acceptors (Lipinski definition) is 3. The van der Waals surface area contributed by atoms with Crippen molar-refractivity contribution in [2.45, 2.75) is 18.8 Å². The average Bonchev–Trinajstić information content (AvgIpc) is 2.62. The molecule has 0 spiro atoms. The third-order valence-corrected chi connectivity index (χ3v) is 2.70. The van der Waals surface area contributed by atoms with Gasteiger partial charge in [-0.2, -0.15) is 5.10 Å². The first-order chi connectivity index (χ1) is 7.18. The largest absolute Gasteiger partial charge is 0.478 e. The highest BCUT2D eigenvalue weighted by Crippen LogP contribution is 2.27. The molecule has 15 heavy (non-hydrogen) atoms. The van der Waals surface area contributed by atoms with Crippen molar-refractivity contribution < 1.29 is 14.6 Å². The summed E-state index contributed by atoms with van der Waals surface area (Å²) in [6.45, 7) is 1.39. The van der Waals surface area contributed by atoms with Crippen LogP contribution in [-0.2, 0) is 11.8 Å². The van der Waals surface area contributed by atoms with Gasteiger partial charge in [0.05, 0.1) is 5.69 Å². The topological polar surface area (TPSA) is 64.4 Å². The van der Waals surface area contributed by atoms with Crippen molar-refractivity contribution in [2.24, 2.45) is 7.05 Å². The Morgan fingerprint density at radius 1 is 1.60 bits per heavy atom. The van der Waals surface area contributed by atoms with E-state index in [9.17, 15) is 4.79 Å². The maximum atomic E-state index is 11.0. The molecular formula is C10H14N2O3. The number of nitrogens with zero attached hydrogens (tertiary/aromatic N) is 2. The van der Waals surface area contributed by atoms with Crippen LogP contribution in [0.25, 0.3) is 0 Å². The molecule has 5 nitrogen and oxygen atoms in total. The molecule has 0 amide bonds. The molecule has 0 radical (unpaired) electrons. The van der Waals surface area contributed by atoms with Crippen LogP contribution >= 0.6 is 0 Å². The third kappa shape index (κ3) is 2.02. The summed E-state index contributed by atoms with van der Waals surface area (Å²) in [5, 5.41) is 13.3. The zero-order valence-electron chi connectivity index (χ0n) is 8.64. The van der Waals surface area contributed by atoms with E-state index in [1.165, 1.54) is 0 Å². The van der Waals surface area contributed by atoms with Crippen LogP contribution in [0, 0.1) is 0 Å². The number of aromatic carboxylic acids is 1. The van der Waals surface area contributed by atoms with Crippen LogP contribution < -0.4 is 0 Å². The standard InChI is InChI=1S/C10H14N2O3/c1-12-6-8(10(13)14)9(11-12)7-2-4-15-5-3-7/h6-7H,2-5H2,1H3,(H,13,14). The molecule has 1 aliphatic rings. The number of carboxylic acids is 1. The Balaban J connectivity index is 2.28. The molecule has 1 aromatic heterocycles. The lowest BCUT2D eigenvalue weighted by Crippen LogP contribution is -2.16. The van der Waals surface area contributed by atoms with Gasteiger partial charge in [0.2, 0.25) is 0 Å². The second-order valence-corrected chi connectivity index (χ2v) is 3.79. The van der Waals surface area contributed by atoms with Gasteiger partial charge in [-0.05, 0) is 12.8 Å². The minimum atomic E-state index is -0.899. The number of ether oxygens (including phenoxy) is 1. The molecule has 0 bridgehead atoms. The lowest BCUT2D eigenvalue weighted by atomic mass is 9.94. The highest BCUT2D eigenvalue weighted by Gasteiger charge is 2.24. The van der Waals surface area contributed by atoms with Crippen LogP contribution in [-0.4, -0.2) is 34.1 Å². The fourth-order valence-electron chi connectivity index (χ4n) is 1.94. The molecule has 1 aromatic rings. The van der Waals surface area contributed by atoms with E-state index in [0.29, 0.717) is 24.5 Å². The van der Waals surface area contributed by atoms with Crippen molar-refractivity contribution in [3.05, 3.63) is 17.5 Å². The monoisotopic (exact) mass is 210 g/mol. The molecule has 1 fully saturated rings. The van der Waals surface area contributed by atoms with Gasteiger partial charge in [-0.1, -0.05) is 0 Å². The predicted octanol–water partition coefficient (Wildman–Crippen LogP) is 1.01. The third-order valence-electron chi connectivity index (χ3n) is 2.70. The van der Waals surface area contributed by atoms with E-state index in [0.717, 1.165) is 12.8 Å². The summed E-state index contributed by atoms with van der Waals surface area (Å²) in [6, 6.07) is 0. The number of carboxylic acid groups (broad SMARTS) is 1. The van der Waals surface area contributed by atoms with E-state index in [4.69, 9.17) is 9.84 Å². The SMILES string of the molecule is Cn1cc(C(=O)O)c(C2CCOCC2)n1. The summed E-state index contributed by atoms with van der Waals surface area (Å²) >= 11 is 0. The summed E-state index contributed by atoms with van der Waals surface area (Å²) in [4.78, 5) is 11.0. The molecule has 0 aromatic carbocycles. The molecule has 2 rings (SSSR count). The first-order valence-electron chi connectivity index (χ1n) is 5.03. The van der Waals surface area contributed by atoms with Crippen LogP contribution in [0.1, 0.15) is 34.8 Å². The van der Waals surface area contributed by atoms with E-state index >= 15 is 0 Å². The molecule has 5 heteroatoms. The zero-order valence-corrected chi connectivity index (χ0v) is 8.64. The van der Waals surface area contributed by atoms with Crippen molar-refractivity contribution in [3.8, 4) is 0 Å². The van der Waals surface area contributed by atoms with Gasteiger partial charge >= 0.3 is 5.97 Å². The fourth-order valence-corrected chi connectivity index (χ4v) is 1.94. The Kier molecular flexibility index (Phi) is 2.73. The molecule has 0 unspecified atom stereocenters. The number of aryl methyl sites for hydroxylation is 1. The van der Waals surface area contributed by atoms with E-state index < -0.39 is 5.97 Å². The van der Waals surface area contributed by atoms with Gasteiger partial charge in [0, 0.05) is 32.4 Å². The van der Waals surface area contributed by atoms with Crippen molar-refractivity contribution in [1.29, 1.82) is 0 Å². The minimum Gasteiger partial charge on any atom is -0.478 e. The van der Waals surface area contributed by atoms with E-state index in [1.54, 1.807) is 17.9 Å². The van der Waals surface area contributed by atoms with Crippen molar-refractivity contribution >= 4 is 5.97 Å². The fraction of sp³-hybridized carbons (Fsp3) is 0.600. The molecular weight excluding hydrogens is 196 g/mol. The van der Waals surface area contributed by atoms with Gasteiger partial charge in [-0.3, -0.25) is 4.68 Å². The Morgan fingerprint density at radius 2 is 2.27 bits per heavy atom. The minimum absolute atomic E-state index is 0.228. The summed E-state index contributed by atoms with van der Waals surface area (Å²) in [5.41, 5.74) is 1.03. The molecule has 0 aliphatic carbocycles. The first kappa shape index (κ1) is 10.2. The highest BCUT2D eigenvalue weighted by molar-refractivity contribution is 5.88. The number of carbonyl (C=O) groups is 1. The summed E-state index contributed by atoms with van der Waals surface area (Å²) < 4.78 is 6.81. The van der Waals surface area contributed by atoms with Gasteiger partial charge in [-0.25, -0.2) is 4.79 Å². The molecule has 1 aliphatic heterocycles. The summed E-state index contributed by atoms with van der Waals surface area (Å²) in [6.07, 6.45) is 3.28. The van der Waals surface area contributed by atoms with Gasteiger partial charge in [0.1, 0.15) is 5.56 Å².